The molecule has 0 spiro atoms. The van der Waals surface area contributed by atoms with Crippen molar-refractivity contribution in [3.63, 3.8) is 0 Å². The van der Waals surface area contributed by atoms with Crippen molar-refractivity contribution in [3.8, 4) is 18.1 Å². The second-order valence-electron chi connectivity index (χ2n) is 8.60. The van der Waals surface area contributed by atoms with E-state index in [0.717, 1.165) is 17.7 Å². The van der Waals surface area contributed by atoms with Crippen LogP contribution >= 0.6 is 11.6 Å². The average Bonchev–Trinajstić information content (AvgIpc) is 3.33. The van der Waals surface area contributed by atoms with Crippen LogP contribution in [0, 0.1) is 25.2 Å². The Kier molecular flexibility index (Phi) is 5.94. The summed E-state index contributed by atoms with van der Waals surface area (Å²) in [5, 5.41) is 4.31. The summed E-state index contributed by atoms with van der Waals surface area (Å²) in [6.07, 6.45) is 12.8. The van der Waals surface area contributed by atoms with Crippen LogP contribution in [0.2, 0.25) is 5.02 Å². The lowest BCUT2D eigenvalue weighted by Gasteiger charge is -2.37. The van der Waals surface area contributed by atoms with Gasteiger partial charge in [0.2, 0.25) is 0 Å². The standard InChI is InChI=1S/C29H25ClN2O/c1-3-15-33-28-14-8-20(17-26(28)30)18-31-22-11-9-21(10-12-22)29-24-6-4-5-23(24)25-16-19(2)7-13-27(25)32-29/h1,4-5,7-14,16-18,23-24,29,32H,6,15H2,2H3/t23-,24+,29+/m1/s1. The summed E-state index contributed by atoms with van der Waals surface area (Å²) in [6.45, 7) is 2.35. The minimum absolute atomic E-state index is 0.193. The molecule has 0 amide bonds. The van der Waals surface area contributed by atoms with Crippen molar-refractivity contribution in [2.24, 2.45) is 10.9 Å². The SMILES string of the molecule is C#CCOc1ccc(C=Nc2ccc([C@@H]3Nc4ccc(C)cc4[C@@H]4C=CC[C@@H]43)cc2)cc1Cl. The molecule has 0 saturated heterocycles. The van der Waals surface area contributed by atoms with Crippen molar-refractivity contribution in [1.29, 1.82) is 0 Å². The van der Waals surface area contributed by atoms with Crippen LogP contribution in [-0.2, 0) is 0 Å². The molecule has 3 nitrogen and oxygen atoms in total. The maximum atomic E-state index is 6.28. The molecule has 0 saturated carbocycles. The third-order valence-electron chi connectivity index (χ3n) is 6.40. The normalized spacial score (nSPS) is 20.7. The molecule has 1 aliphatic carbocycles. The van der Waals surface area contributed by atoms with Crippen LogP contribution in [0.4, 0.5) is 11.4 Å². The first kappa shape index (κ1) is 21.4. The van der Waals surface area contributed by atoms with Crippen LogP contribution in [0.5, 0.6) is 5.75 Å². The van der Waals surface area contributed by atoms with Crippen molar-refractivity contribution in [2.45, 2.75) is 25.3 Å². The van der Waals surface area contributed by atoms with Gasteiger partial charge in [-0.3, -0.25) is 4.99 Å². The van der Waals surface area contributed by atoms with Crippen molar-refractivity contribution in [3.05, 3.63) is 100 Å². The fourth-order valence-electron chi connectivity index (χ4n) is 4.79. The van der Waals surface area contributed by atoms with Crippen LogP contribution < -0.4 is 10.1 Å². The third kappa shape index (κ3) is 4.40. The molecular formula is C29H25ClN2O. The third-order valence-corrected chi connectivity index (χ3v) is 6.70. The number of ether oxygens (including phenoxy) is 1. The van der Waals surface area contributed by atoms with Gasteiger partial charge in [0.1, 0.15) is 12.4 Å². The molecule has 1 aliphatic heterocycles. The molecule has 2 aliphatic rings. The topological polar surface area (TPSA) is 33.6 Å². The molecule has 0 bridgehead atoms. The molecule has 3 aromatic rings. The first-order chi connectivity index (χ1) is 16.1. The van der Waals surface area contributed by atoms with Gasteiger partial charge in [-0.25, -0.2) is 0 Å². The number of nitrogens with one attached hydrogen (secondary N) is 1. The first-order valence-electron chi connectivity index (χ1n) is 11.2. The number of allylic oxidation sites excluding steroid dienone is 2. The summed E-state index contributed by atoms with van der Waals surface area (Å²) in [5.74, 6) is 4.02. The smallest absolute Gasteiger partial charge is 0.148 e. The number of aliphatic imine (C=N–C) groups is 1. The van der Waals surface area contributed by atoms with E-state index in [9.17, 15) is 0 Å². The summed E-state index contributed by atoms with van der Waals surface area (Å²) < 4.78 is 5.41. The Balaban J connectivity index is 1.32. The summed E-state index contributed by atoms with van der Waals surface area (Å²) in [4.78, 5) is 4.62. The van der Waals surface area contributed by atoms with Gasteiger partial charge in [-0.1, -0.05) is 59.5 Å². The number of anilines is 1. The van der Waals surface area contributed by atoms with E-state index in [1.807, 2.05) is 18.2 Å². The van der Waals surface area contributed by atoms with Gasteiger partial charge in [-0.2, -0.15) is 0 Å². The number of rotatable bonds is 5. The lowest BCUT2D eigenvalue weighted by atomic mass is 9.76. The van der Waals surface area contributed by atoms with Crippen molar-refractivity contribution in [1.82, 2.24) is 0 Å². The summed E-state index contributed by atoms with van der Waals surface area (Å²) in [6, 6.07) is 21.1. The number of aryl methyl sites for hydroxylation is 1. The van der Waals surface area contributed by atoms with E-state index in [2.05, 4.69) is 77.8 Å². The molecule has 0 unspecified atom stereocenters. The maximum absolute atomic E-state index is 6.28. The van der Waals surface area contributed by atoms with Gasteiger partial charge >= 0.3 is 0 Å². The molecule has 1 heterocycles. The van der Waals surface area contributed by atoms with Gasteiger partial charge in [-0.05, 0) is 72.4 Å². The fourth-order valence-corrected chi connectivity index (χ4v) is 5.04. The number of fused-ring (bicyclic) bond motifs is 3. The minimum Gasteiger partial charge on any atom is -0.479 e. The largest absolute Gasteiger partial charge is 0.479 e. The van der Waals surface area contributed by atoms with E-state index in [1.165, 1.54) is 22.4 Å². The monoisotopic (exact) mass is 452 g/mol. The van der Waals surface area contributed by atoms with Crippen molar-refractivity contribution in [2.75, 3.05) is 11.9 Å². The minimum atomic E-state index is 0.193. The average molecular weight is 453 g/mol. The van der Waals surface area contributed by atoms with Crippen molar-refractivity contribution >= 4 is 29.2 Å². The van der Waals surface area contributed by atoms with Crippen LogP contribution in [0.1, 0.15) is 40.6 Å². The van der Waals surface area contributed by atoms with E-state index in [1.54, 1.807) is 6.21 Å². The Morgan fingerprint density at radius 1 is 1.15 bits per heavy atom. The Hall–Kier alpha value is -3.48. The summed E-state index contributed by atoms with van der Waals surface area (Å²) >= 11 is 6.28. The van der Waals surface area contributed by atoms with Crippen molar-refractivity contribution < 1.29 is 4.74 Å². The molecule has 164 valence electrons. The van der Waals surface area contributed by atoms with E-state index in [4.69, 9.17) is 22.8 Å². The lowest BCUT2D eigenvalue weighted by molar-refractivity contribution is 0.370. The summed E-state index contributed by atoms with van der Waals surface area (Å²) in [7, 11) is 0. The molecule has 0 aromatic heterocycles. The van der Waals surface area contributed by atoms with E-state index in [0.29, 0.717) is 22.6 Å². The van der Waals surface area contributed by atoms with E-state index in [-0.39, 0.29) is 12.6 Å². The van der Waals surface area contributed by atoms with E-state index >= 15 is 0 Å². The predicted molar refractivity (Wildman–Crippen MR) is 137 cm³/mol. The predicted octanol–water partition coefficient (Wildman–Crippen LogP) is 7.24. The maximum Gasteiger partial charge on any atom is 0.148 e. The van der Waals surface area contributed by atoms with Crippen LogP contribution in [0.25, 0.3) is 0 Å². The van der Waals surface area contributed by atoms with Gasteiger partial charge in [0.25, 0.3) is 0 Å². The van der Waals surface area contributed by atoms with Gasteiger partial charge in [0, 0.05) is 17.8 Å². The molecule has 0 fully saturated rings. The molecule has 3 aromatic carbocycles. The highest BCUT2D eigenvalue weighted by Crippen LogP contribution is 2.50. The number of benzene rings is 3. The van der Waals surface area contributed by atoms with Gasteiger partial charge in [-0.15, -0.1) is 6.42 Å². The summed E-state index contributed by atoms with van der Waals surface area (Å²) in [5.41, 5.74) is 7.06. The van der Waals surface area contributed by atoms with Gasteiger partial charge in [0.05, 0.1) is 16.8 Å². The zero-order valence-corrected chi connectivity index (χ0v) is 19.2. The zero-order chi connectivity index (χ0) is 22.8. The van der Waals surface area contributed by atoms with Crippen LogP contribution in [0.15, 0.2) is 77.8 Å². The number of hydrogen-bond donors (Lipinski definition) is 1. The highest BCUT2D eigenvalue weighted by Gasteiger charge is 2.37. The quantitative estimate of drug-likeness (QED) is 0.251. The Labute approximate surface area is 200 Å². The molecule has 33 heavy (non-hydrogen) atoms. The second kappa shape index (κ2) is 9.17. The Morgan fingerprint density at radius 3 is 2.79 bits per heavy atom. The zero-order valence-electron chi connectivity index (χ0n) is 18.5. The Morgan fingerprint density at radius 2 is 2.00 bits per heavy atom. The van der Waals surface area contributed by atoms with E-state index < -0.39 is 0 Å². The van der Waals surface area contributed by atoms with Crippen LogP contribution in [-0.4, -0.2) is 12.8 Å². The molecular weight excluding hydrogens is 428 g/mol. The fraction of sp³-hybridized carbons (Fsp3) is 0.207. The molecule has 3 atom stereocenters. The number of terminal acetylenes is 1. The molecule has 1 N–H and O–H groups in total. The van der Waals surface area contributed by atoms with Crippen LogP contribution in [0.3, 0.4) is 0 Å². The number of nitrogens with zero attached hydrogens (tertiary/aromatic N) is 1. The lowest BCUT2D eigenvalue weighted by Crippen LogP contribution is -2.29. The molecule has 4 heteroatoms. The molecule has 0 radical (unpaired) electrons. The highest BCUT2D eigenvalue weighted by atomic mass is 35.5. The molecule has 5 rings (SSSR count). The number of halogens is 1. The van der Waals surface area contributed by atoms with Gasteiger partial charge < -0.3 is 10.1 Å². The van der Waals surface area contributed by atoms with Gasteiger partial charge in [0.15, 0.2) is 0 Å². The highest BCUT2D eigenvalue weighted by molar-refractivity contribution is 6.32. The Bertz CT molecular complexity index is 1270. The first-order valence-corrected chi connectivity index (χ1v) is 11.5. The number of hydrogen-bond acceptors (Lipinski definition) is 3. The second-order valence-corrected chi connectivity index (χ2v) is 9.01.